The Kier molecular flexibility index (Phi) is 3.67. The molecule has 5 heteroatoms. The van der Waals surface area contributed by atoms with E-state index in [1.807, 2.05) is 48.7 Å². The number of hydrogen-bond donors (Lipinski definition) is 2. The Hall–Kier alpha value is -2.85. The quantitative estimate of drug-likeness (QED) is 0.544. The summed E-state index contributed by atoms with van der Waals surface area (Å²) in [6, 6.07) is 15.8. The predicted molar refractivity (Wildman–Crippen MR) is 98.0 cm³/mol. The molecule has 0 radical (unpaired) electrons. The smallest absolute Gasteiger partial charge is 0.133 e. The first-order valence-corrected chi connectivity index (χ1v) is 8.01. The molecule has 118 valence electrons. The van der Waals surface area contributed by atoms with Crippen LogP contribution in [-0.4, -0.2) is 15.0 Å². The van der Waals surface area contributed by atoms with Crippen LogP contribution in [0, 0.1) is 0 Å². The zero-order valence-corrected chi connectivity index (χ0v) is 13.6. The van der Waals surface area contributed by atoms with Gasteiger partial charge < -0.3 is 10.7 Å². The number of nitrogens with one attached hydrogen (secondary N) is 1. The molecule has 4 nitrogen and oxygen atoms in total. The molecule has 24 heavy (non-hydrogen) atoms. The van der Waals surface area contributed by atoms with Gasteiger partial charge in [0.25, 0.3) is 0 Å². The van der Waals surface area contributed by atoms with Crippen LogP contribution in [0.4, 0.5) is 5.69 Å². The third kappa shape index (κ3) is 2.72. The van der Waals surface area contributed by atoms with Crippen molar-refractivity contribution in [2.75, 3.05) is 5.73 Å². The maximum absolute atomic E-state index is 6.36. The van der Waals surface area contributed by atoms with Gasteiger partial charge in [0, 0.05) is 41.0 Å². The molecule has 0 bridgehead atoms. The highest BCUT2D eigenvalue weighted by Gasteiger charge is 2.13. The lowest BCUT2D eigenvalue weighted by atomic mass is 10.1. The van der Waals surface area contributed by atoms with E-state index in [-0.39, 0.29) is 0 Å². The second-order valence-electron chi connectivity index (χ2n) is 5.65. The number of aromatic nitrogens is 3. The molecule has 0 atom stereocenters. The molecule has 2 aromatic heterocycles. The SMILES string of the molecule is Nc1cccc(Cc2ncc(Cl)c(-c3c[nH]c4ccccc34)n2)c1. The molecule has 4 rings (SSSR count). The summed E-state index contributed by atoms with van der Waals surface area (Å²) in [5.74, 6) is 0.713. The second-order valence-corrected chi connectivity index (χ2v) is 6.06. The normalized spacial score (nSPS) is 11.0. The van der Waals surface area contributed by atoms with Gasteiger partial charge in [-0.05, 0) is 23.8 Å². The van der Waals surface area contributed by atoms with E-state index in [1.165, 1.54) is 0 Å². The Balaban J connectivity index is 1.76. The summed E-state index contributed by atoms with van der Waals surface area (Å²) in [6.45, 7) is 0. The molecule has 0 aliphatic heterocycles. The highest BCUT2D eigenvalue weighted by molar-refractivity contribution is 6.33. The standard InChI is InChI=1S/C19H15ClN4/c20-16-11-23-18(9-12-4-3-5-13(21)8-12)24-19(16)15-10-22-17-7-2-1-6-14(15)17/h1-8,10-11,22H,9,21H2. The third-order valence-corrected chi connectivity index (χ3v) is 4.23. The van der Waals surface area contributed by atoms with Gasteiger partial charge in [-0.3, -0.25) is 0 Å². The van der Waals surface area contributed by atoms with Crippen molar-refractivity contribution in [1.82, 2.24) is 15.0 Å². The van der Waals surface area contributed by atoms with Crippen molar-refractivity contribution < 1.29 is 0 Å². The Morgan fingerprint density at radius 2 is 1.96 bits per heavy atom. The van der Waals surface area contributed by atoms with Crippen LogP contribution >= 0.6 is 11.6 Å². The number of benzene rings is 2. The lowest BCUT2D eigenvalue weighted by Gasteiger charge is -2.06. The zero-order valence-electron chi connectivity index (χ0n) is 12.8. The van der Waals surface area contributed by atoms with Crippen molar-refractivity contribution in [1.29, 1.82) is 0 Å². The number of rotatable bonds is 3. The van der Waals surface area contributed by atoms with Crippen LogP contribution in [0.1, 0.15) is 11.4 Å². The molecule has 0 aliphatic rings. The van der Waals surface area contributed by atoms with Gasteiger partial charge in [0.05, 0.1) is 10.7 Å². The third-order valence-electron chi connectivity index (χ3n) is 3.95. The van der Waals surface area contributed by atoms with Gasteiger partial charge in [0.15, 0.2) is 0 Å². The van der Waals surface area contributed by atoms with E-state index < -0.39 is 0 Å². The van der Waals surface area contributed by atoms with E-state index in [1.54, 1.807) is 6.20 Å². The van der Waals surface area contributed by atoms with Gasteiger partial charge in [-0.15, -0.1) is 0 Å². The molecule has 0 saturated carbocycles. The minimum atomic E-state index is 0.538. The van der Waals surface area contributed by atoms with Crippen LogP contribution in [0.3, 0.4) is 0 Å². The molecule has 0 amide bonds. The summed E-state index contributed by atoms with van der Waals surface area (Å²) in [5.41, 5.74) is 10.4. The van der Waals surface area contributed by atoms with Crippen molar-refractivity contribution in [3.05, 3.63) is 77.3 Å². The number of halogens is 1. The first kappa shape index (κ1) is 14.7. The van der Waals surface area contributed by atoms with Gasteiger partial charge in [-0.2, -0.15) is 0 Å². The summed E-state index contributed by atoms with van der Waals surface area (Å²) >= 11 is 6.36. The average molecular weight is 335 g/mol. The van der Waals surface area contributed by atoms with Gasteiger partial charge in [-0.25, -0.2) is 9.97 Å². The number of nitrogen functional groups attached to an aromatic ring is 1. The fourth-order valence-electron chi connectivity index (χ4n) is 2.83. The van der Waals surface area contributed by atoms with Crippen LogP contribution in [0.15, 0.2) is 60.9 Å². The zero-order chi connectivity index (χ0) is 16.5. The maximum atomic E-state index is 6.36. The summed E-state index contributed by atoms with van der Waals surface area (Å²) in [5, 5.41) is 1.63. The number of aromatic amines is 1. The molecule has 0 fully saturated rings. The molecular weight excluding hydrogens is 320 g/mol. The second kappa shape index (κ2) is 5.98. The lowest BCUT2D eigenvalue weighted by Crippen LogP contribution is -1.99. The number of fused-ring (bicyclic) bond motifs is 1. The molecule has 2 aromatic carbocycles. The number of para-hydroxylation sites is 1. The van der Waals surface area contributed by atoms with Crippen LogP contribution in [0.2, 0.25) is 5.02 Å². The van der Waals surface area contributed by atoms with Crippen molar-refractivity contribution in [2.45, 2.75) is 6.42 Å². The number of nitrogens with two attached hydrogens (primary N) is 1. The summed E-state index contributed by atoms with van der Waals surface area (Å²) in [7, 11) is 0. The summed E-state index contributed by atoms with van der Waals surface area (Å²) < 4.78 is 0. The molecule has 2 heterocycles. The van der Waals surface area contributed by atoms with Crippen LogP contribution in [-0.2, 0) is 6.42 Å². The van der Waals surface area contributed by atoms with E-state index in [4.69, 9.17) is 17.3 Å². The van der Waals surface area contributed by atoms with E-state index in [2.05, 4.69) is 21.0 Å². The summed E-state index contributed by atoms with van der Waals surface area (Å²) in [4.78, 5) is 12.3. The fourth-order valence-corrected chi connectivity index (χ4v) is 3.02. The predicted octanol–water partition coefficient (Wildman–Crippen LogP) is 4.45. The van der Waals surface area contributed by atoms with E-state index in [9.17, 15) is 0 Å². The first-order chi connectivity index (χ1) is 11.7. The van der Waals surface area contributed by atoms with Gasteiger partial charge in [0.1, 0.15) is 5.82 Å². The van der Waals surface area contributed by atoms with E-state index in [0.717, 1.165) is 33.4 Å². The van der Waals surface area contributed by atoms with Crippen LogP contribution in [0.25, 0.3) is 22.2 Å². The Labute approximate surface area is 144 Å². The minimum absolute atomic E-state index is 0.538. The monoisotopic (exact) mass is 334 g/mol. The van der Waals surface area contributed by atoms with Crippen LogP contribution < -0.4 is 5.73 Å². The number of nitrogens with zero attached hydrogens (tertiary/aromatic N) is 2. The minimum Gasteiger partial charge on any atom is -0.399 e. The van der Waals surface area contributed by atoms with Gasteiger partial charge >= 0.3 is 0 Å². The number of anilines is 1. The van der Waals surface area contributed by atoms with Crippen LogP contribution in [0.5, 0.6) is 0 Å². The summed E-state index contributed by atoms with van der Waals surface area (Å²) in [6.07, 6.45) is 4.20. The van der Waals surface area contributed by atoms with E-state index >= 15 is 0 Å². The average Bonchev–Trinajstić information content (AvgIpc) is 3.01. The highest BCUT2D eigenvalue weighted by Crippen LogP contribution is 2.31. The number of H-pyrrole nitrogens is 1. The topological polar surface area (TPSA) is 67.6 Å². The van der Waals surface area contributed by atoms with Crippen molar-refractivity contribution in [3.8, 4) is 11.3 Å². The Morgan fingerprint density at radius 3 is 2.83 bits per heavy atom. The molecule has 0 spiro atoms. The van der Waals surface area contributed by atoms with Crippen molar-refractivity contribution in [2.24, 2.45) is 0 Å². The first-order valence-electron chi connectivity index (χ1n) is 7.63. The van der Waals surface area contributed by atoms with Gasteiger partial charge in [-0.1, -0.05) is 41.9 Å². The van der Waals surface area contributed by atoms with Crippen molar-refractivity contribution >= 4 is 28.2 Å². The number of hydrogen-bond acceptors (Lipinski definition) is 3. The highest BCUT2D eigenvalue weighted by atomic mass is 35.5. The van der Waals surface area contributed by atoms with E-state index in [0.29, 0.717) is 17.3 Å². The maximum Gasteiger partial charge on any atom is 0.133 e. The Bertz CT molecular complexity index is 1020. The molecular formula is C19H15ClN4. The van der Waals surface area contributed by atoms with Crippen molar-refractivity contribution in [3.63, 3.8) is 0 Å². The molecule has 3 N–H and O–H groups in total. The largest absolute Gasteiger partial charge is 0.399 e. The molecule has 0 unspecified atom stereocenters. The Morgan fingerprint density at radius 1 is 1.08 bits per heavy atom. The lowest BCUT2D eigenvalue weighted by molar-refractivity contribution is 0.973. The molecule has 4 aromatic rings. The molecule has 0 aliphatic carbocycles. The van der Waals surface area contributed by atoms with Gasteiger partial charge in [0.2, 0.25) is 0 Å². The fraction of sp³-hybridized carbons (Fsp3) is 0.0526. The molecule has 0 saturated heterocycles.